The van der Waals surface area contributed by atoms with Crippen molar-refractivity contribution in [1.29, 1.82) is 0 Å². The fourth-order valence-electron chi connectivity index (χ4n) is 3.73. The SMILES string of the molecule is Cc1ccccc1-n1c(-c2ccccc2)cs/c1=N\N=C1/CSC(=O)N1Cc1ccccc1. The molecule has 0 atom stereocenters. The molecule has 5 nitrogen and oxygen atoms in total. The Hall–Kier alpha value is -3.42. The van der Waals surface area contributed by atoms with Gasteiger partial charge in [-0.15, -0.1) is 21.5 Å². The number of para-hydroxylation sites is 1. The van der Waals surface area contributed by atoms with E-state index in [1.54, 1.807) is 16.2 Å². The molecule has 0 saturated carbocycles. The van der Waals surface area contributed by atoms with Crippen LogP contribution in [0.2, 0.25) is 0 Å². The highest BCUT2D eigenvalue weighted by Crippen LogP contribution is 2.25. The number of nitrogens with zero attached hydrogens (tertiary/aromatic N) is 4. The third kappa shape index (κ3) is 4.55. The van der Waals surface area contributed by atoms with E-state index in [9.17, 15) is 4.79 Å². The van der Waals surface area contributed by atoms with Gasteiger partial charge in [-0.3, -0.25) is 14.3 Å². The Morgan fingerprint density at radius 2 is 1.58 bits per heavy atom. The number of aromatic nitrogens is 1. The van der Waals surface area contributed by atoms with Gasteiger partial charge < -0.3 is 0 Å². The molecule has 1 aliphatic heterocycles. The molecule has 4 aromatic rings. The van der Waals surface area contributed by atoms with Gasteiger partial charge in [0.1, 0.15) is 5.84 Å². The normalized spacial score (nSPS) is 15.5. The molecule has 1 aliphatic rings. The maximum atomic E-state index is 12.5. The molecule has 1 saturated heterocycles. The number of rotatable bonds is 5. The van der Waals surface area contributed by atoms with Gasteiger partial charge in [-0.25, -0.2) is 0 Å². The average molecular weight is 471 g/mol. The molecule has 33 heavy (non-hydrogen) atoms. The average Bonchev–Trinajstić information content (AvgIpc) is 3.43. The summed E-state index contributed by atoms with van der Waals surface area (Å²) in [6.07, 6.45) is 0. The van der Waals surface area contributed by atoms with Gasteiger partial charge in [0.2, 0.25) is 4.80 Å². The fraction of sp³-hybridized carbons (Fsp3) is 0.115. The highest BCUT2D eigenvalue weighted by molar-refractivity contribution is 8.14. The minimum absolute atomic E-state index is 0.00994. The van der Waals surface area contributed by atoms with Crippen LogP contribution >= 0.6 is 23.1 Å². The van der Waals surface area contributed by atoms with Gasteiger partial charge in [0.25, 0.3) is 5.24 Å². The summed E-state index contributed by atoms with van der Waals surface area (Å²) in [7, 11) is 0. The van der Waals surface area contributed by atoms with Gasteiger partial charge in [-0.05, 0) is 29.7 Å². The Balaban J connectivity index is 1.58. The van der Waals surface area contributed by atoms with Crippen LogP contribution in [0.3, 0.4) is 0 Å². The number of benzene rings is 3. The zero-order chi connectivity index (χ0) is 22.6. The van der Waals surface area contributed by atoms with Crippen LogP contribution in [-0.4, -0.2) is 26.3 Å². The van der Waals surface area contributed by atoms with Crippen LogP contribution in [0.25, 0.3) is 16.9 Å². The van der Waals surface area contributed by atoms with Crippen molar-refractivity contribution in [2.24, 2.45) is 10.2 Å². The molecule has 0 aliphatic carbocycles. The summed E-state index contributed by atoms with van der Waals surface area (Å²) >= 11 is 2.81. The molecule has 0 bridgehead atoms. The van der Waals surface area contributed by atoms with E-state index in [-0.39, 0.29) is 5.24 Å². The highest BCUT2D eigenvalue weighted by atomic mass is 32.2. The number of hydrogen-bond acceptors (Lipinski definition) is 5. The topological polar surface area (TPSA) is 50.0 Å². The Morgan fingerprint density at radius 3 is 2.33 bits per heavy atom. The number of amidine groups is 1. The first kappa shape index (κ1) is 21.4. The second-order valence-electron chi connectivity index (χ2n) is 7.63. The van der Waals surface area contributed by atoms with Crippen molar-refractivity contribution in [2.45, 2.75) is 13.5 Å². The summed E-state index contributed by atoms with van der Waals surface area (Å²) in [5.41, 5.74) is 5.46. The predicted octanol–water partition coefficient (Wildman–Crippen LogP) is 6.10. The maximum Gasteiger partial charge on any atom is 0.287 e. The Kier molecular flexibility index (Phi) is 6.24. The first-order valence-electron chi connectivity index (χ1n) is 10.6. The molecule has 5 rings (SSSR count). The van der Waals surface area contributed by atoms with E-state index < -0.39 is 0 Å². The molecule has 2 heterocycles. The zero-order valence-corrected chi connectivity index (χ0v) is 19.7. The van der Waals surface area contributed by atoms with Crippen molar-refractivity contribution in [1.82, 2.24) is 9.47 Å². The summed E-state index contributed by atoms with van der Waals surface area (Å²) in [6.45, 7) is 2.59. The number of thioether (sulfide) groups is 1. The summed E-state index contributed by atoms with van der Waals surface area (Å²) < 4.78 is 2.14. The van der Waals surface area contributed by atoms with Crippen LogP contribution in [0.15, 0.2) is 101 Å². The lowest BCUT2D eigenvalue weighted by atomic mass is 10.1. The highest BCUT2D eigenvalue weighted by Gasteiger charge is 2.28. The summed E-state index contributed by atoms with van der Waals surface area (Å²) in [4.78, 5) is 15.0. The van der Waals surface area contributed by atoms with Crippen molar-refractivity contribution in [3.05, 3.63) is 106 Å². The van der Waals surface area contributed by atoms with Gasteiger partial charge in [0.15, 0.2) is 0 Å². The van der Waals surface area contributed by atoms with E-state index in [2.05, 4.69) is 51.3 Å². The first-order valence-corrected chi connectivity index (χ1v) is 12.5. The molecule has 1 aromatic heterocycles. The smallest absolute Gasteiger partial charge is 0.284 e. The molecule has 164 valence electrons. The summed E-state index contributed by atoms with van der Waals surface area (Å²) in [6, 6.07) is 28.5. The molecule has 7 heteroatoms. The number of amides is 1. The van der Waals surface area contributed by atoms with Gasteiger partial charge in [0, 0.05) is 5.38 Å². The molecule has 0 spiro atoms. The molecule has 0 radical (unpaired) electrons. The third-order valence-electron chi connectivity index (χ3n) is 5.43. The van der Waals surface area contributed by atoms with Crippen molar-refractivity contribution in [3.63, 3.8) is 0 Å². The lowest BCUT2D eigenvalue weighted by Crippen LogP contribution is -2.28. The van der Waals surface area contributed by atoms with Crippen molar-refractivity contribution in [2.75, 3.05) is 5.75 Å². The van der Waals surface area contributed by atoms with E-state index in [1.807, 2.05) is 60.7 Å². The molecule has 0 unspecified atom stereocenters. The van der Waals surface area contributed by atoms with E-state index in [0.717, 1.165) is 32.9 Å². The van der Waals surface area contributed by atoms with Crippen LogP contribution in [-0.2, 0) is 6.54 Å². The number of carbonyl (C=O) groups is 1. The largest absolute Gasteiger partial charge is 0.287 e. The Morgan fingerprint density at radius 1 is 0.879 bits per heavy atom. The Bertz CT molecular complexity index is 1370. The fourth-order valence-corrected chi connectivity index (χ4v) is 5.37. The minimum atomic E-state index is 0.00994. The monoisotopic (exact) mass is 470 g/mol. The molecule has 3 aromatic carbocycles. The number of thiazole rings is 1. The standard InChI is InChI=1S/C26H22N4OS2/c1-19-10-8-9-15-22(19)30-23(21-13-6-3-7-14-21)17-32-25(30)28-27-24-18-33-26(31)29(24)16-20-11-4-2-5-12-20/h2-15,17H,16,18H2,1H3/b27-24+,28-25-. The van der Waals surface area contributed by atoms with Crippen LogP contribution in [0.1, 0.15) is 11.1 Å². The molecule has 1 fully saturated rings. The van der Waals surface area contributed by atoms with Gasteiger partial charge >= 0.3 is 0 Å². The number of carbonyl (C=O) groups excluding carboxylic acids is 1. The van der Waals surface area contributed by atoms with Crippen LogP contribution in [0.5, 0.6) is 0 Å². The van der Waals surface area contributed by atoms with Gasteiger partial charge in [-0.2, -0.15) is 0 Å². The maximum absolute atomic E-state index is 12.5. The third-order valence-corrected chi connectivity index (χ3v) is 7.11. The van der Waals surface area contributed by atoms with Gasteiger partial charge in [0.05, 0.1) is 23.7 Å². The second-order valence-corrected chi connectivity index (χ2v) is 9.40. The number of hydrogen-bond donors (Lipinski definition) is 0. The second kappa shape index (κ2) is 9.60. The van der Waals surface area contributed by atoms with E-state index >= 15 is 0 Å². The van der Waals surface area contributed by atoms with Crippen LogP contribution in [0.4, 0.5) is 4.79 Å². The molecular weight excluding hydrogens is 448 g/mol. The van der Waals surface area contributed by atoms with Crippen molar-refractivity contribution >= 4 is 34.2 Å². The van der Waals surface area contributed by atoms with E-state index in [0.29, 0.717) is 18.1 Å². The lowest BCUT2D eigenvalue weighted by Gasteiger charge is -2.15. The van der Waals surface area contributed by atoms with E-state index in [1.165, 1.54) is 11.8 Å². The summed E-state index contributed by atoms with van der Waals surface area (Å²) in [5.74, 6) is 1.20. The summed E-state index contributed by atoms with van der Waals surface area (Å²) in [5, 5.41) is 11.3. The molecular formula is C26H22N4OS2. The van der Waals surface area contributed by atoms with Crippen molar-refractivity contribution in [3.8, 4) is 16.9 Å². The van der Waals surface area contributed by atoms with Crippen LogP contribution < -0.4 is 4.80 Å². The first-order chi connectivity index (χ1) is 16.2. The number of aryl methyl sites for hydroxylation is 1. The Labute approximate surface area is 200 Å². The van der Waals surface area contributed by atoms with Crippen LogP contribution in [0, 0.1) is 6.92 Å². The predicted molar refractivity (Wildman–Crippen MR) is 137 cm³/mol. The molecule has 0 N–H and O–H groups in total. The van der Waals surface area contributed by atoms with Gasteiger partial charge in [-0.1, -0.05) is 90.6 Å². The van der Waals surface area contributed by atoms with E-state index in [4.69, 9.17) is 0 Å². The quantitative estimate of drug-likeness (QED) is 0.331. The molecule has 1 amide bonds. The zero-order valence-electron chi connectivity index (χ0n) is 18.1. The minimum Gasteiger partial charge on any atom is -0.284 e. The lowest BCUT2D eigenvalue weighted by molar-refractivity contribution is 0.244. The van der Waals surface area contributed by atoms with Crippen molar-refractivity contribution < 1.29 is 4.79 Å².